The number of hydrogen-bond acceptors (Lipinski definition) is 4. The molecule has 0 amide bonds. The first-order valence-corrected chi connectivity index (χ1v) is 5.72. The van der Waals surface area contributed by atoms with Crippen molar-refractivity contribution >= 4 is 17.3 Å². The standard InChI is InChI=1S/C11H13ClN2O3/c1-13-3-2-10(7-13)17-11-5-8(12)4-9(6-11)14(15)16/h4-6,10H,2-3,7H2,1H3. The zero-order chi connectivity index (χ0) is 12.4. The third kappa shape index (κ3) is 3.08. The quantitative estimate of drug-likeness (QED) is 0.615. The number of likely N-dealkylation sites (N-methyl/N-ethyl adjacent to an activating group) is 1. The molecular formula is C11H13ClN2O3. The lowest BCUT2D eigenvalue weighted by Gasteiger charge is -2.13. The maximum atomic E-state index is 10.7. The van der Waals surface area contributed by atoms with E-state index >= 15 is 0 Å². The van der Waals surface area contributed by atoms with Crippen molar-refractivity contribution in [1.82, 2.24) is 4.90 Å². The number of likely N-dealkylation sites (tertiary alicyclic amines) is 1. The van der Waals surface area contributed by atoms with Gasteiger partial charge in [-0.25, -0.2) is 0 Å². The van der Waals surface area contributed by atoms with Crippen LogP contribution in [0.5, 0.6) is 5.75 Å². The minimum Gasteiger partial charge on any atom is -0.489 e. The minimum atomic E-state index is -0.473. The molecule has 1 aromatic rings. The van der Waals surface area contributed by atoms with Gasteiger partial charge in [-0.3, -0.25) is 10.1 Å². The third-order valence-corrected chi connectivity index (χ3v) is 2.94. The van der Waals surface area contributed by atoms with Crippen LogP contribution in [0.2, 0.25) is 5.02 Å². The molecule has 0 spiro atoms. The second-order valence-corrected chi connectivity index (χ2v) is 4.63. The molecule has 1 heterocycles. The van der Waals surface area contributed by atoms with Gasteiger partial charge in [0.25, 0.3) is 5.69 Å². The molecule has 1 aliphatic heterocycles. The Balaban J connectivity index is 2.12. The smallest absolute Gasteiger partial charge is 0.274 e. The summed E-state index contributed by atoms with van der Waals surface area (Å²) in [7, 11) is 2.02. The number of benzene rings is 1. The Morgan fingerprint density at radius 3 is 2.88 bits per heavy atom. The Labute approximate surface area is 104 Å². The first kappa shape index (κ1) is 12.1. The van der Waals surface area contributed by atoms with Gasteiger partial charge in [-0.15, -0.1) is 0 Å². The van der Waals surface area contributed by atoms with Crippen LogP contribution in [0.3, 0.4) is 0 Å². The number of rotatable bonds is 3. The molecule has 1 unspecified atom stereocenters. The summed E-state index contributed by atoms with van der Waals surface area (Å²) in [6.45, 7) is 1.81. The van der Waals surface area contributed by atoms with E-state index in [1.165, 1.54) is 12.1 Å². The van der Waals surface area contributed by atoms with Gasteiger partial charge in [-0.05, 0) is 19.5 Å². The highest BCUT2D eigenvalue weighted by molar-refractivity contribution is 6.30. The molecule has 0 radical (unpaired) electrons. The maximum Gasteiger partial charge on any atom is 0.274 e. The summed E-state index contributed by atoms with van der Waals surface area (Å²) in [5.41, 5.74) is -0.0427. The summed E-state index contributed by atoms with van der Waals surface area (Å²) in [6, 6.07) is 4.33. The highest BCUT2D eigenvalue weighted by Crippen LogP contribution is 2.27. The van der Waals surface area contributed by atoms with Gasteiger partial charge in [-0.2, -0.15) is 0 Å². The van der Waals surface area contributed by atoms with Crippen LogP contribution in [0.25, 0.3) is 0 Å². The normalized spacial score (nSPS) is 20.5. The third-order valence-electron chi connectivity index (χ3n) is 2.72. The summed E-state index contributed by atoms with van der Waals surface area (Å²) < 4.78 is 5.69. The number of nitrogens with zero attached hydrogens (tertiary/aromatic N) is 2. The predicted octanol–water partition coefficient (Wildman–Crippen LogP) is 2.33. The molecule has 0 saturated carbocycles. The van der Waals surface area contributed by atoms with Gasteiger partial charge in [0, 0.05) is 19.2 Å². The van der Waals surface area contributed by atoms with Crippen LogP contribution in [-0.4, -0.2) is 36.1 Å². The van der Waals surface area contributed by atoms with E-state index in [0.29, 0.717) is 10.8 Å². The molecule has 1 fully saturated rings. The maximum absolute atomic E-state index is 10.7. The lowest BCUT2D eigenvalue weighted by molar-refractivity contribution is -0.384. The Morgan fingerprint density at radius 1 is 1.53 bits per heavy atom. The molecule has 17 heavy (non-hydrogen) atoms. The summed E-state index contributed by atoms with van der Waals surface area (Å²) in [4.78, 5) is 12.4. The predicted molar refractivity (Wildman–Crippen MR) is 64.6 cm³/mol. The molecule has 6 heteroatoms. The van der Waals surface area contributed by atoms with Gasteiger partial charge in [0.2, 0.25) is 0 Å². The average molecular weight is 257 g/mol. The van der Waals surface area contributed by atoms with Gasteiger partial charge in [0.05, 0.1) is 16.0 Å². The Bertz CT molecular complexity index is 439. The molecule has 1 aromatic carbocycles. The molecule has 5 nitrogen and oxygen atoms in total. The topological polar surface area (TPSA) is 55.6 Å². The number of non-ortho nitro benzene ring substituents is 1. The largest absolute Gasteiger partial charge is 0.489 e. The van der Waals surface area contributed by atoms with Crippen molar-refractivity contribution in [2.24, 2.45) is 0 Å². The molecule has 0 aliphatic carbocycles. The second-order valence-electron chi connectivity index (χ2n) is 4.19. The highest BCUT2D eigenvalue weighted by Gasteiger charge is 2.21. The van der Waals surface area contributed by atoms with E-state index in [4.69, 9.17) is 16.3 Å². The highest BCUT2D eigenvalue weighted by atomic mass is 35.5. The van der Waals surface area contributed by atoms with Crippen molar-refractivity contribution < 1.29 is 9.66 Å². The zero-order valence-electron chi connectivity index (χ0n) is 9.43. The fraction of sp³-hybridized carbons (Fsp3) is 0.455. The van der Waals surface area contributed by atoms with Gasteiger partial charge in [0.1, 0.15) is 11.9 Å². The Hall–Kier alpha value is -1.33. The Morgan fingerprint density at radius 2 is 2.29 bits per heavy atom. The van der Waals surface area contributed by atoms with E-state index in [1.807, 2.05) is 7.05 Å². The van der Waals surface area contributed by atoms with Crippen LogP contribution >= 0.6 is 11.6 Å². The number of halogens is 1. The summed E-state index contributed by atoms with van der Waals surface area (Å²) in [6.07, 6.45) is 1.01. The molecule has 2 rings (SSSR count). The van der Waals surface area contributed by atoms with E-state index in [9.17, 15) is 10.1 Å². The molecule has 0 bridgehead atoms. The van der Waals surface area contributed by atoms with E-state index < -0.39 is 4.92 Å². The van der Waals surface area contributed by atoms with Gasteiger partial charge >= 0.3 is 0 Å². The van der Waals surface area contributed by atoms with Crippen molar-refractivity contribution in [3.63, 3.8) is 0 Å². The van der Waals surface area contributed by atoms with Crippen LogP contribution in [0.15, 0.2) is 18.2 Å². The van der Waals surface area contributed by atoms with Crippen molar-refractivity contribution in [3.8, 4) is 5.75 Å². The van der Waals surface area contributed by atoms with Crippen molar-refractivity contribution in [1.29, 1.82) is 0 Å². The van der Waals surface area contributed by atoms with Crippen LogP contribution in [-0.2, 0) is 0 Å². The van der Waals surface area contributed by atoms with Gasteiger partial charge in [-0.1, -0.05) is 11.6 Å². The first-order chi connectivity index (χ1) is 8.04. The summed E-state index contributed by atoms with van der Waals surface area (Å²) in [5, 5.41) is 11.0. The van der Waals surface area contributed by atoms with Crippen molar-refractivity contribution in [3.05, 3.63) is 33.3 Å². The number of nitro benzene ring substituents is 1. The second kappa shape index (κ2) is 4.89. The minimum absolute atomic E-state index is 0.0427. The number of ether oxygens (including phenoxy) is 1. The van der Waals surface area contributed by atoms with E-state index in [2.05, 4.69) is 4.90 Å². The van der Waals surface area contributed by atoms with Crippen molar-refractivity contribution in [2.45, 2.75) is 12.5 Å². The fourth-order valence-corrected chi connectivity index (χ4v) is 2.12. The van der Waals surface area contributed by atoms with E-state index in [0.717, 1.165) is 19.5 Å². The van der Waals surface area contributed by atoms with E-state index in [-0.39, 0.29) is 11.8 Å². The molecule has 92 valence electrons. The monoisotopic (exact) mass is 256 g/mol. The molecule has 1 saturated heterocycles. The van der Waals surface area contributed by atoms with E-state index in [1.54, 1.807) is 6.07 Å². The number of hydrogen-bond donors (Lipinski definition) is 0. The molecule has 1 atom stereocenters. The fourth-order valence-electron chi connectivity index (χ4n) is 1.90. The summed E-state index contributed by atoms with van der Waals surface area (Å²) in [5.74, 6) is 0.463. The van der Waals surface area contributed by atoms with Crippen LogP contribution in [0.4, 0.5) is 5.69 Å². The lowest BCUT2D eigenvalue weighted by Crippen LogP contribution is -2.21. The zero-order valence-corrected chi connectivity index (χ0v) is 10.2. The molecule has 0 aromatic heterocycles. The summed E-state index contributed by atoms with van der Waals surface area (Å²) >= 11 is 5.81. The van der Waals surface area contributed by atoms with Crippen LogP contribution < -0.4 is 4.74 Å². The SMILES string of the molecule is CN1CCC(Oc2cc(Cl)cc([N+](=O)[O-])c2)C1. The molecular weight excluding hydrogens is 244 g/mol. The average Bonchev–Trinajstić information content (AvgIpc) is 2.63. The van der Waals surface area contributed by atoms with Crippen molar-refractivity contribution in [2.75, 3.05) is 20.1 Å². The van der Waals surface area contributed by atoms with Gasteiger partial charge < -0.3 is 9.64 Å². The first-order valence-electron chi connectivity index (χ1n) is 5.35. The van der Waals surface area contributed by atoms with Crippen LogP contribution in [0, 0.1) is 10.1 Å². The molecule has 1 aliphatic rings. The van der Waals surface area contributed by atoms with Crippen LogP contribution in [0.1, 0.15) is 6.42 Å². The van der Waals surface area contributed by atoms with Gasteiger partial charge in [0.15, 0.2) is 0 Å². The number of nitro groups is 1. The molecule has 0 N–H and O–H groups in total. The Kier molecular flexibility index (Phi) is 3.49. The lowest BCUT2D eigenvalue weighted by atomic mass is 10.3.